The second-order valence-electron chi connectivity index (χ2n) is 7.61. The van der Waals surface area contributed by atoms with Crippen LogP contribution in [0.4, 0.5) is 0 Å². The van der Waals surface area contributed by atoms with Gasteiger partial charge in [0.1, 0.15) is 5.01 Å². The molecule has 0 fully saturated rings. The van der Waals surface area contributed by atoms with Crippen LogP contribution < -0.4 is 0 Å². The van der Waals surface area contributed by atoms with Gasteiger partial charge in [0.15, 0.2) is 0 Å². The highest BCUT2D eigenvalue weighted by Gasteiger charge is 2.29. The van der Waals surface area contributed by atoms with E-state index in [0.29, 0.717) is 5.56 Å². The minimum absolute atomic E-state index is 0.102. The van der Waals surface area contributed by atoms with Crippen LogP contribution in [0.25, 0.3) is 17.7 Å². The van der Waals surface area contributed by atoms with Gasteiger partial charge in [-0.25, -0.2) is 9.78 Å². The first-order valence-corrected chi connectivity index (χ1v) is 10.1. The van der Waals surface area contributed by atoms with Crippen LogP contribution >= 0.6 is 11.3 Å². The molecule has 1 aliphatic carbocycles. The molecule has 0 amide bonds. The number of carboxylic acid groups (broad SMARTS) is 1. The Kier molecular flexibility index (Phi) is 4.73. The number of carboxylic acids is 1. The van der Waals surface area contributed by atoms with E-state index in [9.17, 15) is 4.79 Å². The summed E-state index contributed by atoms with van der Waals surface area (Å²) in [5.74, 6) is -0.908. The molecule has 0 bridgehead atoms. The van der Waals surface area contributed by atoms with Gasteiger partial charge in [0.05, 0.1) is 5.56 Å². The number of hydrogen-bond acceptors (Lipinski definition) is 3. The van der Waals surface area contributed by atoms with Crippen molar-refractivity contribution in [3.05, 3.63) is 92.9 Å². The lowest BCUT2D eigenvalue weighted by atomic mass is 9.73. The molecule has 3 aromatic rings. The Morgan fingerprint density at radius 3 is 2.50 bits per heavy atom. The third-order valence-corrected chi connectivity index (χ3v) is 5.97. The molecule has 0 atom stereocenters. The van der Waals surface area contributed by atoms with Gasteiger partial charge in [-0.05, 0) is 52.3 Å². The zero-order valence-corrected chi connectivity index (χ0v) is 16.7. The van der Waals surface area contributed by atoms with Crippen molar-refractivity contribution in [3.8, 4) is 0 Å². The maximum Gasteiger partial charge on any atom is 0.335 e. The molecule has 1 heterocycles. The van der Waals surface area contributed by atoms with Gasteiger partial charge in [-0.1, -0.05) is 56.3 Å². The number of fused-ring (bicyclic) bond motifs is 1. The van der Waals surface area contributed by atoms with Crippen LogP contribution in [0.3, 0.4) is 0 Å². The third kappa shape index (κ3) is 3.56. The summed E-state index contributed by atoms with van der Waals surface area (Å²) in [6.07, 6.45) is 9.23. The van der Waals surface area contributed by atoms with Crippen LogP contribution in [0.5, 0.6) is 0 Å². The lowest BCUT2D eigenvalue weighted by Crippen LogP contribution is -2.21. The second kappa shape index (κ2) is 7.21. The minimum atomic E-state index is -0.908. The van der Waals surface area contributed by atoms with Crippen LogP contribution in [-0.2, 0) is 5.41 Å². The van der Waals surface area contributed by atoms with E-state index < -0.39 is 5.97 Å². The highest BCUT2D eigenvalue weighted by molar-refractivity contribution is 7.10. The molecule has 1 aromatic heterocycles. The third-order valence-electron chi connectivity index (χ3n) is 5.17. The fraction of sp³-hybridized carbons (Fsp3) is 0.167. The van der Waals surface area contributed by atoms with Gasteiger partial charge in [-0.2, -0.15) is 0 Å². The molecule has 1 aliphatic rings. The molecule has 2 aromatic carbocycles. The molecule has 0 spiro atoms. The van der Waals surface area contributed by atoms with Crippen molar-refractivity contribution in [1.82, 2.24) is 4.98 Å². The first-order chi connectivity index (χ1) is 13.4. The Bertz CT molecular complexity index is 1070. The lowest BCUT2D eigenvalue weighted by Gasteiger charge is -2.31. The summed E-state index contributed by atoms with van der Waals surface area (Å²) >= 11 is 1.67. The summed E-state index contributed by atoms with van der Waals surface area (Å²) in [6, 6.07) is 13.5. The molecule has 0 saturated heterocycles. The highest BCUT2D eigenvalue weighted by atomic mass is 32.1. The number of thiazole rings is 1. The largest absolute Gasteiger partial charge is 0.478 e. The number of allylic oxidation sites excluding steroid dienone is 1. The maximum absolute atomic E-state index is 11.0. The van der Waals surface area contributed by atoms with E-state index in [1.165, 1.54) is 16.7 Å². The van der Waals surface area contributed by atoms with E-state index in [2.05, 4.69) is 49.2 Å². The van der Waals surface area contributed by atoms with E-state index >= 15 is 0 Å². The normalized spacial score (nSPS) is 15.3. The van der Waals surface area contributed by atoms with Crippen molar-refractivity contribution in [2.45, 2.75) is 25.7 Å². The Balaban J connectivity index is 1.68. The van der Waals surface area contributed by atoms with Gasteiger partial charge < -0.3 is 5.11 Å². The first-order valence-electron chi connectivity index (χ1n) is 9.20. The molecule has 1 N–H and O–H groups in total. The average Bonchev–Trinajstić information content (AvgIpc) is 3.21. The number of carbonyl (C=O) groups is 1. The highest BCUT2D eigenvalue weighted by Crippen LogP contribution is 2.42. The molecule has 140 valence electrons. The first kappa shape index (κ1) is 18.4. The van der Waals surface area contributed by atoms with Crippen LogP contribution in [0.15, 0.2) is 60.1 Å². The summed E-state index contributed by atoms with van der Waals surface area (Å²) in [5.41, 5.74) is 6.29. The van der Waals surface area contributed by atoms with Crippen LogP contribution in [0.2, 0.25) is 0 Å². The van der Waals surface area contributed by atoms with E-state index in [0.717, 1.165) is 22.6 Å². The number of aromatic nitrogens is 1. The van der Waals surface area contributed by atoms with Crippen molar-refractivity contribution in [2.24, 2.45) is 0 Å². The van der Waals surface area contributed by atoms with Gasteiger partial charge in [0.25, 0.3) is 0 Å². The average molecular weight is 388 g/mol. The summed E-state index contributed by atoms with van der Waals surface area (Å²) < 4.78 is 0. The molecule has 0 saturated carbocycles. The van der Waals surface area contributed by atoms with Gasteiger partial charge in [-0.15, -0.1) is 11.3 Å². The molecule has 3 nitrogen and oxygen atoms in total. The zero-order chi connectivity index (χ0) is 19.7. The van der Waals surface area contributed by atoms with Crippen molar-refractivity contribution >= 4 is 35.0 Å². The maximum atomic E-state index is 11.0. The van der Waals surface area contributed by atoms with E-state index in [1.54, 1.807) is 23.5 Å². The topological polar surface area (TPSA) is 50.2 Å². The molecule has 0 aliphatic heterocycles. The Morgan fingerprint density at radius 1 is 1.11 bits per heavy atom. The van der Waals surface area contributed by atoms with E-state index in [1.807, 2.05) is 29.8 Å². The standard InChI is InChI=1S/C24H21NO2S/c1-24(2)12-11-19(22-25-13-14-28-22)20-15-17(7-10-21(20)24)4-3-16-5-8-18(9-6-16)23(26)27/h3-11,13-15H,12H2,1-2H3,(H,26,27)/b4-3+. The molecular formula is C24H21NO2S. The van der Waals surface area contributed by atoms with Crippen molar-refractivity contribution in [2.75, 3.05) is 0 Å². The SMILES string of the molecule is CC1(C)CC=C(c2nccs2)c2cc(/C=C/c3ccc(C(=O)O)cc3)ccc21. The molecule has 4 rings (SSSR count). The summed E-state index contributed by atoms with van der Waals surface area (Å²) in [7, 11) is 0. The van der Waals surface area contributed by atoms with E-state index in [4.69, 9.17) is 5.11 Å². The summed E-state index contributed by atoms with van der Waals surface area (Å²) in [5, 5.41) is 12.1. The second-order valence-corrected chi connectivity index (χ2v) is 8.50. The Morgan fingerprint density at radius 2 is 1.82 bits per heavy atom. The lowest BCUT2D eigenvalue weighted by molar-refractivity contribution is 0.0697. The van der Waals surface area contributed by atoms with Gasteiger partial charge in [0, 0.05) is 17.2 Å². The van der Waals surface area contributed by atoms with Crippen LogP contribution in [-0.4, -0.2) is 16.1 Å². The summed E-state index contributed by atoms with van der Waals surface area (Å²) in [6.45, 7) is 4.56. The quantitative estimate of drug-likeness (QED) is 0.548. The van der Waals surface area contributed by atoms with Crippen molar-refractivity contribution < 1.29 is 9.90 Å². The predicted molar refractivity (Wildman–Crippen MR) is 116 cm³/mol. The number of benzene rings is 2. The molecule has 28 heavy (non-hydrogen) atoms. The minimum Gasteiger partial charge on any atom is -0.478 e. The predicted octanol–water partition coefficient (Wildman–Crippen LogP) is 6.12. The Labute approximate surface area is 168 Å². The van der Waals surface area contributed by atoms with Gasteiger partial charge in [0.2, 0.25) is 0 Å². The monoisotopic (exact) mass is 387 g/mol. The number of aromatic carboxylic acids is 1. The van der Waals surface area contributed by atoms with Crippen LogP contribution in [0.1, 0.15) is 57.9 Å². The zero-order valence-electron chi connectivity index (χ0n) is 15.8. The van der Waals surface area contributed by atoms with E-state index in [-0.39, 0.29) is 5.41 Å². The van der Waals surface area contributed by atoms with Crippen LogP contribution in [0, 0.1) is 0 Å². The van der Waals surface area contributed by atoms with Crippen molar-refractivity contribution in [1.29, 1.82) is 0 Å². The van der Waals surface area contributed by atoms with Crippen molar-refractivity contribution in [3.63, 3.8) is 0 Å². The Hall–Kier alpha value is -2.98. The summed E-state index contributed by atoms with van der Waals surface area (Å²) in [4.78, 5) is 15.5. The smallest absolute Gasteiger partial charge is 0.335 e. The number of hydrogen-bond donors (Lipinski definition) is 1. The fourth-order valence-corrected chi connectivity index (χ4v) is 4.24. The number of nitrogens with zero attached hydrogens (tertiary/aromatic N) is 1. The molecule has 0 unspecified atom stereocenters. The van der Waals surface area contributed by atoms with Gasteiger partial charge >= 0.3 is 5.97 Å². The molecule has 4 heteroatoms. The molecule has 0 radical (unpaired) electrons. The van der Waals surface area contributed by atoms with Gasteiger partial charge in [-0.3, -0.25) is 0 Å². The number of rotatable bonds is 4. The fourth-order valence-electron chi connectivity index (χ4n) is 3.54. The molecular weight excluding hydrogens is 366 g/mol.